The van der Waals surface area contributed by atoms with Crippen LogP contribution in [0.1, 0.15) is 37.3 Å². The van der Waals surface area contributed by atoms with E-state index in [1.807, 2.05) is 6.07 Å². The molecule has 7 nitrogen and oxygen atoms in total. The van der Waals surface area contributed by atoms with Gasteiger partial charge in [0, 0.05) is 37.2 Å². The Bertz CT molecular complexity index is 1210. The molecule has 3 aromatic rings. The number of halogens is 2. The van der Waals surface area contributed by atoms with Gasteiger partial charge in [-0.05, 0) is 68.0 Å². The first-order valence-corrected chi connectivity index (χ1v) is 12.1. The largest absolute Gasteiger partial charge is 0.359 e. The van der Waals surface area contributed by atoms with E-state index in [0.717, 1.165) is 50.9 Å². The van der Waals surface area contributed by atoms with E-state index >= 15 is 0 Å². The second-order valence-electron chi connectivity index (χ2n) is 8.80. The molecule has 2 unspecified atom stereocenters. The first-order chi connectivity index (χ1) is 16.6. The van der Waals surface area contributed by atoms with E-state index in [4.69, 9.17) is 16.3 Å². The van der Waals surface area contributed by atoms with E-state index in [0.29, 0.717) is 17.2 Å². The van der Waals surface area contributed by atoms with Crippen LogP contribution in [0.15, 0.2) is 53.6 Å². The smallest absolute Gasteiger partial charge is 0.251 e. The summed E-state index contributed by atoms with van der Waals surface area (Å²) < 4.78 is 21.7. The lowest BCUT2D eigenvalue weighted by atomic mass is 9.91. The number of rotatable bonds is 6. The van der Waals surface area contributed by atoms with Crippen molar-refractivity contribution in [3.63, 3.8) is 0 Å². The van der Waals surface area contributed by atoms with Gasteiger partial charge in [0.1, 0.15) is 12.0 Å². The molecule has 2 aliphatic rings. The van der Waals surface area contributed by atoms with Gasteiger partial charge in [0.05, 0.1) is 16.8 Å². The van der Waals surface area contributed by atoms with Crippen LogP contribution in [-0.2, 0) is 4.74 Å². The van der Waals surface area contributed by atoms with Gasteiger partial charge in [-0.15, -0.1) is 0 Å². The summed E-state index contributed by atoms with van der Waals surface area (Å²) in [6.07, 6.45) is 7.31. The first-order valence-electron chi connectivity index (χ1n) is 11.7. The van der Waals surface area contributed by atoms with Crippen LogP contribution in [0, 0.1) is 11.7 Å². The zero-order valence-electron chi connectivity index (χ0n) is 18.7. The third-order valence-corrected chi connectivity index (χ3v) is 6.81. The number of ether oxygens (including phenoxy) is 1. The Hall–Kier alpha value is -2.81. The van der Waals surface area contributed by atoms with E-state index in [-0.39, 0.29) is 28.8 Å². The molecule has 0 aliphatic carbocycles. The minimum atomic E-state index is -0.484. The van der Waals surface area contributed by atoms with Crippen LogP contribution in [0.2, 0.25) is 5.02 Å². The summed E-state index contributed by atoms with van der Waals surface area (Å²) in [4.78, 5) is 22.2. The number of anilines is 1. The topological polar surface area (TPSA) is 81.1 Å². The average Bonchev–Trinajstić information content (AvgIpc) is 3.38. The number of pyridine rings is 1. The molecule has 0 spiro atoms. The Morgan fingerprint density at radius 3 is 2.85 bits per heavy atom. The maximum atomic E-state index is 14.3. The molecule has 0 bridgehead atoms. The molecule has 3 atom stereocenters. The summed E-state index contributed by atoms with van der Waals surface area (Å²) in [6, 6.07) is 9.70. The molecule has 2 N–H and O–H groups in total. The van der Waals surface area contributed by atoms with Crippen LogP contribution in [0.4, 0.5) is 10.3 Å². The second kappa shape index (κ2) is 10.2. The zero-order valence-corrected chi connectivity index (χ0v) is 19.5. The lowest BCUT2D eigenvalue weighted by Gasteiger charge is -2.26. The number of hydrogen-bond donors (Lipinski definition) is 2. The van der Waals surface area contributed by atoms with Crippen LogP contribution >= 0.6 is 11.6 Å². The van der Waals surface area contributed by atoms with Gasteiger partial charge >= 0.3 is 0 Å². The molecule has 4 heterocycles. The van der Waals surface area contributed by atoms with Crippen LogP contribution < -0.4 is 16.2 Å². The van der Waals surface area contributed by atoms with Crippen molar-refractivity contribution in [1.82, 2.24) is 19.9 Å². The number of hydrogen-bond acceptors (Lipinski definition) is 6. The zero-order chi connectivity index (χ0) is 23.5. The Kier molecular flexibility index (Phi) is 6.89. The predicted molar refractivity (Wildman–Crippen MR) is 129 cm³/mol. The highest BCUT2D eigenvalue weighted by Gasteiger charge is 2.29. The first kappa shape index (κ1) is 23.0. The van der Waals surface area contributed by atoms with E-state index in [2.05, 4.69) is 20.6 Å². The fourth-order valence-electron chi connectivity index (χ4n) is 4.77. The van der Waals surface area contributed by atoms with Crippen molar-refractivity contribution in [2.24, 2.45) is 5.92 Å². The van der Waals surface area contributed by atoms with Gasteiger partial charge in [-0.1, -0.05) is 17.7 Å². The summed E-state index contributed by atoms with van der Waals surface area (Å²) in [6.45, 7) is 2.35. The molecule has 2 fully saturated rings. The standard InChI is InChI=1S/C25H27ClFN5O2/c26-19-5-4-17(13-20(19)27)24(18-6-9-28-15-18)32-11-8-16(14-23(32)33)21-7-10-29-25(30-21)31-22-3-1-2-12-34-22/h4-5,7-8,10-11,13-14,18,22,24,28H,1-3,6,9,12,15H2,(H,29,30,31)/t18?,22?,24-/m0/s1. The molecule has 0 radical (unpaired) electrons. The maximum absolute atomic E-state index is 14.3. The van der Waals surface area contributed by atoms with Gasteiger partial charge in [-0.2, -0.15) is 0 Å². The summed E-state index contributed by atoms with van der Waals surface area (Å²) in [5.41, 5.74) is 1.90. The second-order valence-corrected chi connectivity index (χ2v) is 9.20. The van der Waals surface area contributed by atoms with Crippen molar-refractivity contribution in [1.29, 1.82) is 0 Å². The number of benzene rings is 1. The Balaban J connectivity index is 1.44. The maximum Gasteiger partial charge on any atom is 0.251 e. The van der Waals surface area contributed by atoms with Crippen LogP contribution in [0.25, 0.3) is 11.3 Å². The predicted octanol–water partition coefficient (Wildman–Crippen LogP) is 4.24. The highest BCUT2D eigenvalue weighted by Crippen LogP contribution is 2.32. The number of aromatic nitrogens is 3. The molecule has 0 amide bonds. The van der Waals surface area contributed by atoms with Gasteiger partial charge in [-0.3, -0.25) is 4.79 Å². The molecular weight excluding hydrogens is 457 g/mol. The van der Waals surface area contributed by atoms with Crippen molar-refractivity contribution in [3.8, 4) is 11.3 Å². The van der Waals surface area contributed by atoms with E-state index in [9.17, 15) is 9.18 Å². The number of nitrogens with zero attached hydrogens (tertiary/aromatic N) is 3. The minimum Gasteiger partial charge on any atom is -0.359 e. The van der Waals surface area contributed by atoms with Crippen molar-refractivity contribution in [2.75, 3.05) is 25.0 Å². The fraction of sp³-hybridized carbons (Fsp3) is 0.400. The molecule has 34 heavy (non-hydrogen) atoms. The quantitative estimate of drug-likeness (QED) is 0.546. The van der Waals surface area contributed by atoms with Gasteiger partial charge in [0.25, 0.3) is 5.56 Å². The molecule has 2 saturated heterocycles. The summed E-state index contributed by atoms with van der Waals surface area (Å²) >= 11 is 5.90. The van der Waals surface area contributed by atoms with Crippen molar-refractivity contribution >= 4 is 17.5 Å². The van der Waals surface area contributed by atoms with Gasteiger partial charge in [0.2, 0.25) is 5.95 Å². The van der Waals surface area contributed by atoms with Crippen molar-refractivity contribution in [3.05, 3.63) is 75.5 Å². The Morgan fingerprint density at radius 1 is 1.21 bits per heavy atom. The lowest BCUT2D eigenvalue weighted by molar-refractivity contribution is 0.0338. The minimum absolute atomic E-state index is 0.0709. The molecule has 1 aromatic carbocycles. The normalized spacial score (nSPS) is 21.4. The molecule has 2 aliphatic heterocycles. The third kappa shape index (κ3) is 4.99. The molecule has 9 heteroatoms. The highest BCUT2D eigenvalue weighted by molar-refractivity contribution is 6.30. The van der Waals surface area contributed by atoms with Crippen LogP contribution in [-0.4, -0.2) is 40.5 Å². The van der Waals surface area contributed by atoms with Crippen molar-refractivity contribution in [2.45, 2.75) is 38.0 Å². The molecule has 178 valence electrons. The summed E-state index contributed by atoms with van der Waals surface area (Å²) in [5.74, 6) is 0.150. The fourth-order valence-corrected chi connectivity index (χ4v) is 4.89. The lowest BCUT2D eigenvalue weighted by Crippen LogP contribution is -2.31. The average molecular weight is 484 g/mol. The summed E-state index contributed by atoms with van der Waals surface area (Å²) in [7, 11) is 0. The van der Waals surface area contributed by atoms with Crippen LogP contribution in [0.3, 0.4) is 0 Å². The van der Waals surface area contributed by atoms with Gasteiger partial charge in [0.15, 0.2) is 0 Å². The third-order valence-electron chi connectivity index (χ3n) is 6.50. The molecule has 5 rings (SSSR count). The Morgan fingerprint density at radius 2 is 2.12 bits per heavy atom. The highest BCUT2D eigenvalue weighted by atomic mass is 35.5. The van der Waals surface area contributed by atoms with E-state index in [1.165, 1.54) is 6.07 Å². The molecular formula is C25H27ClFN5O2. The van der Waals surface area contributed by atoms with Crippen LogP contribution in [0.5, 0.6) is 0 Å². The van der Waals surface area contributed by atoms with E-state index in [1.54, 1.807) is 41.2 Å². The van der Waals surface area contributed by atoms with Gasteiger partial charge < -0.3 is 19.9 Å². The molecule has 0 saturated carbocycles. The monoisotopic (exact) mass is 483 g/mol. The van der Waals surface area contributed by atoms with Gasteiger partial charge in [-0.25, -0.2) is 14.4 Å². The SMILES string of the molecule is O=c1cc(-c2ccnc(NC3CCCCO3)n2)ccn1[C@@H](c1ccc(Cl)c(F)c1)C1CCNC1. The molecule has 2 aromatic heterocycles. The number of nitrogens with one attached hydrogen (secondary N) is 2. The summed E-state index contributed by atoms with van der Waals surface area (Å²) in [5, 5.41) is 6.64. The Labute approximate surface area is 202 Å². The van der Waals surface area contributed by atoms with E-state index < -0.39 is 5.82 Å². The van der Waals surface area contributed by atoms with Crippen molar-refractivity contribution < 1.29 is 9.13 Å².